The van der Waals surface area contributed by atoms with Crippen LogP contribution in [-0.4, -0.2) is 19.5 Å². The Bertz CT molecular complexity index is 586. The van der Waals surface area contributed by atoms with Crippen molar-refractivity contribution in [1.82, 2.24) is 19.5 Å². The van der Waals surface area contributed by atoms with Crippen LogP contribution >= 0.6 is 0 Å². The first-order chi connectivity index (χ1) is 7.45. The average Bonchev–Trinajstić information content (AvgIpc) is 2.74. The lowest BCUT2D eigenvalue weighted by Crippen LogP contribution is -1.97. The fourth-order valence-electron chi connectivity index (χ4n) is 1.57. The number of hydrogen-bond acceptors (Lipinski definition) is 3. The number of hydrogen-bond donors (Lipinski definition) is 0. The highest BCUT2D eigenvalue weighted by molar-refractivity contribution is 5.80. The van der Waals surface area contributed by atoms with Crippen LogP contribution in [0, 0.1) is 0 Å². The highest BCUT2D eigenvalue weighted by atomic mass is 15.1. The van der Waals surface area contributed by atoms with Gasteiger partial charge in [0.05, 0.1) is 5.52 Å². The summed E-state index contributed by atoms with van der Waals surface area (Å²) in [5, 5.41) is 1.09. The van der Waals surface area contributed by atoms with Crippen molar-refractivity contribution in [3.63, 3.8) is 0 Å². The third-order valence-corrected chi connectivity index (χ3v) is 2.26. The van der Waals surface area contributed by atoms with Gasteiger partial charge in [0.15, 0.2) is 0 Å². The zero-order chi connectivity index (χ0) is 10.1. The zero-order valence-corrected chi connectivity index (χ0v) is 7.91. The van der Waals surface area contributed by atoms with Crippen molar-refractivity contribution in [2.45, 2.75) is 0 Å². The molecule has 0 aromatic carbocycles. The number of nitrogens with zero attached hydrogens (tertiary/aromatic N) is 4. The number of pyridine rings is 1. The quantitative estimate of drug-likeness (QED) is 0.596. The monoisotopic (exact) mass is 196 g/mol. The molecule has 0 aliphatic carbocycles. The lowest BCUT2D eigenvalue weighted by molar-refractivity contribution is 0.961. The summed E-state index contributed by atoms with van der Waals surface area (Å²) in [5.41, 5.74) is 1.07. The van der Waals surface area contributed by atoms with E-state index in [4.69, 9.17) is 0 Å². The molecule has 0 fully saturated rings. The van der Waals surface area contributed by atoms with Gasteiger partial charge in [-0.1, -0.05) is 0 Å². The molecule has 0 aliphatic heterocycles. The lowest BCUT2D eigenvalue weighted by atomic mass is 10.3. The van der Waals surface area contributed by atoms with Gasteiger partial charge in [0.25, 0.3) is 0 Å². The van der Waals surface area contributed by atoms with Crippen molar-refractivity contribution in [2.24, 2.45) is 0 Å². The number of rotatable bonds is 1. The van der Waals surface area contributed by atoms with Crippen LogP contribution in [0.15, 0.2) is 49.2 Å². The molecule has 0 radical (unpaired) electrons. The number of fused-ring (bicyclic) bond motifs is 1. The number of aromatic nitrogens is 4. The van der Waals surface area contributed by atoms with Gasteiger partial charge in [-0.05, 0) is 18.2 Å². The Hall–Kier alpha value is -2.23. The van der Waals surface area contributed by atoms with Crippen molar-refractivity contribution < 1.29 is 0 Å². The van der Waals surface area contributed by atoms with Crippen LogP contribution in [0.2, 0.25) is 0 Å². The van der Waals surface area contributed by atoms with Gasteiger partial charge in [-0.3, -0.25) is 9.55 Å². The Morgan fingerprint density at radius 1 is 1.00 bits per heavy atom. The van der Waals surface area contributed by atoms with Crippen LogP contribution in [0.5, 0.6) is 0 Å². The molecule has 0 amide bonds. The predicted octanol–water partition coefficient (Wildman–Crippen LogP) is 1.82. The van der Waals surface area contributed by atoms with E-state index in [1.807, 2.05) is 29.1 Å². The summed E-state index contributed by atoms with van der Waals surface area (Å²) < 4.78 is 1.94. The molecular formula is C11H8N4. The molecular weight excluding hydrogens is 188 g/mol. The summed E-state index contributed by atoms with van der Waals surface area (Å²) >= 11 is 0. The van der Waals surface area contributed by atoms with Gasteiger partial charge in [-0.25, -0.2) is 9.97 Å². The second-order valence-corrected chi connectivity index (χ2v) is 3.17. The molecule has 0 saturated carbocycles. The fraction of sp³-hybridized carbons (Fsp3) is 0. The van der Waals surface area contributed by atoms with E-state index in [1.165, 1.54) is 0 Å². The first kappa shape index (κ1) is 8.11. The second-order valence-electron chi connectivity index (χ2n) is 3.17. The first-order valence-corrected chi connectivity index (χ1v) is 4.63. The Morgan fingerprint density at radius 2 is 1.87 bits per heavy atom. The topological polar surface area (TPSA) is 43.6 Å². The van der Waals surface area contributed by atoms with E-state index in [-0.39, 0.29) is 0 Å². The smallest absolute Gasteiger partial charge is 0.234 e. The van der Waals surface area contributed by atoms with Gasteiger partial charge < -0.3 is 0 Å². The minimum atomic E-state index is 0.679. The molecule has 0 aliphatic rings. The summed E-state index contributed by atoms with van der Waals surface area (Å²) in [6.07, 6.45) is 9.00. The van der Waals surface area contributed by atoms with Gasteiger partial charge >= 0.3 is 0 Å². The van der Waals surface area contributed by atoms with E-state index in [0.29, 0.717) is 5.95 Å². The Morgan fingerprint density at radius 3 is 2.73 bits per heavy atom. The normalized spacial score (nSPS) is 10.7. The summed E-state index contributed by atoms with van der Waals surface area (Å²) in [6.45, 7) is 0. The van der Waals surface area contributed by atoms with Crippen LogP contribution in [0.3, 0.4) is 0 Å². The summed E-state index contributed by atoms with van der Waals surface area (Å²) in [4.78, 5) is 12.5. The molecule has 4 heteroatoms. The summed E-state index contributed by atoms with van der Waals surface area (Å²) in [6, 6.07) is 5.75. The first-order valence-electron chi connectivity index (χ1n) is 4.63. The van der Waals surface area contributed by atoms with E-state index in [1.54, 1.807) is 24.7 Å². The van der Waals surface area contributed by atoms with Gasteiger partial charge in [-0.15, -0.1) is 0 Å². The summed E-state index contributed by atoms with van der Waals surface area (Å²) in [5.74, 6) is 0.679. The molecule has 3 heterocycles. The molecule has 72 valence electrons. The minimum Gasteiger partial charge on any atom is -0.285 e. The maximum absolute atomic E-state index is 4.20. The van der Waals surface area contributed by atoms with Crippen molar-refractivity contribution in [2.75, 3.05) is 0 Å². The predicted molar refractivity (Wildman–Crippen MR) is 56.7 cm³/mol. The molecule has 0 bridgehead atoms. The second kappa shape index (κ2) is 3.16. The van der Waals surface area contributed by atoms with Gasteiger partial charge in [-0.2, -0.15) is 0 Å². The van der Waals surface area contributed by atoms with Crippen LogP contribution in [0.1, 0.15) is 0 Å². The van der Waals surface area contributed by atoms with E-state index in [0.717, 1.165) is 10.9 Å². The van der Waals surface area contributed by atoms with Crippen molar-refractivity contribution in [3.8, 4) is 5.95 Å². The SMILES string of the molecule is c1cnc(-n2ccc3cnccc32)nc1. The Kier molecular flexibility index (Phi) is 1.71. The maximum atomic E-state index is 4.20. The molecule has 0 atom stereocenters. The van der Waals surface area contributed by atoms with Crippen LogP contribution < -0.4 is 0 Å². The van der Waals surface area contributed by atoms with Gasteiger partial charge in [0, 0.05) is 36.4 Å². The fourth-order valence-corrected chi connectivity index (χ4v) is 1.57. The van der Waals surface area contributed by atoms with E-state index in [9.17, 15) is 0 Å². The van der Waals surface area contributed by atoms with E-state index >= 15 is 0 Å². The van der Waals surface area contributed by atoms with Crippen LogP contribution in [-0.2, 0) is 0 Å². The third-order valence-electron chi connectivity index (χ3n) is 2.26. The molecule has 0 N–H and O–H groups in total. The van der Waals surface area contributed by atoms with Crippen molar-refractivity contribution in [1.29, 1.82) is 0 Å². The molecule has 3 aromatic rings. The molecule has 0 saturated heterocycles. The lowest BCUT2D eigenvalue weighted by Gasteiger charge is -2.01. The Balaban J connectivity index is 2.28. The zero-order valence-electron chi connectivity index (χ0n) is 7.91. The highest BCUT2D eigenvalue weighted by Gasteiger charge is 2.03. The molecule has 3 aromatic heterocycles. The van der Waals surface area contributed by atoms with Crippen LogP contribution in [0.25, 0.3) is 16.9 Å². The standard InChI is InChI=1S/C11H8N4/c1-4-13-11(14-5-1)15-7-3-9-8-12-6-2-10(9)15/h1-8H. The molecule has 0 spiro atoms. The third kappa shape index (κ3) is 1.27. The Labute approximate surface area is 86.2 Å². The minimum absolute atomic E-state index is 0.679. The largest absolute Gasteiger partial charge is 0.285 e. The van der Waals surface area contributed by atoms with Crippen molar-refractivity contribution >= 4 is 10.9 Å². The average molecular weight is 196 g/mol. The molecule has 3 rings (SSSR count). The van der Waals surface area contributed by atoms with Crippen molar-refractivity contribution in [3.05, 3.63) is 49.2 Å². The van der Waals surface area contributed by atoms with Gasteiger partial charge in [0.2, 0.25) is 5.95 Å². The van der Waals surface area contributed by atoms with Gasteiger partial charge in [0.1, 0.15) is 0 Å². The summed E-state index contributed by atoms with van der Waals surface area (Å²) in [7, 11) is 0. The molecule has 15 heavy (non-hydrogen) atoms. The highest BCUT2D eigenvalue weighted by Crippen LogP contribution is 2.16. The molecule has 4 nitrogen and oxygen atoms in total. The maximum Gasteiger partial charge on any atom is 0.234 e. The van der Waals surface area contributed by atoms with E-state index in [2.05, 4.69) is 15.0 Å². The molecule has 0 unspecified atom stereocenters. The van der Waals surface area contributed by atoms with E-state index < -0.39 is 0 Å². The van der Waals surface area contributed by atoms with Crippen LogP contribution in [0.4, 0.5) is 0 Å².